The van der Waals surface area contributed by atoms with Crippen molar-refractivity contribution in [1.82, 2.24) is 9.55 Å². The van der Waals surface area contributed by atoms with Crippen LogP contribution in [0.15, 0.2) is 52.2 Å². The maximum atomic E-state index is 14.4. The molecule has 0 saturated carbocycles. The summed E-state index contributed by atoms with van der Waals surface area (Å²) in [6.07, 6.45) is -4.05. The van der Waals surface area contributed by atoms with Crippen molar-refractivity contribution in [3.05, 3.63) is 78.9 Å². The summed E-state index contributed by atoms with van der Waals surface area (Å²) in [5.41, 5.74) is 0.972. The molecule has 10 heteroatoms. The van der Waals surface area contributed by atoms with Crippen molar-refractivity contribution in [2.45, 2.75) is 54.7 Å². The second kappa shape index (κ2) is 9.91. The molecule has 0 radical (unpaired) electrons. The molecular weight excluding hydrogens is 622 g/mol. The number of nitrogens with zero attached hydrogens (tertiary/aromatic N) is 2. The van der Waals surface area contributed by atoms with Gasteiger partial charge in [0.05, 0.1) is 0 Å². The first-order valence-corrected chi connectivity index (χ1v) is 18.7. The number of aromatic nitrogens is 2. The number of alkyl halides is 7. The van der Waals surface area contributed by atoms with Gasteiger partial charge in [-0.05, 0) is 0 Å². The van der Waals surface area contributed by atoms with Gasteiger partial charge in [-0.2, -0.15) is 0 Å². The monoisotopic (exact) mass is 650 g/mol. The Morgan fingerprint density at radius 3 is 2.30 bits per heavy atom. The molecule has 3 nitrogen and oxygen atoms in total. The van der Waals surface area contributed by atoms with E-state index in [0.29, 0.717) is 26.8 Å². The second-order valence-electron chi connectivity index (χ2n) is 9.14. The van der Waals surface area contributed by atoms with Crippen LogP contribution < -0.4 is 5.56 Å². The van der Waals surface area contributed by atoms with Gasteiger partial charge in [-0.15, -0.1) is 0 Å². The molecule has 2 unspecified atom stereocenters. The van der Waals surface area contributed by atoms with Crippen molar-refractivity contribution in [1.29, 1.82) is 0 Å². The first kappa shape index (κ1) is 27.9. The normalized spacial score (nSPS) is 21.5. The van der Waals surface area contributed by atoms with E-state index >= 15 is 0 Å². The van der Waals surface area contributed by atoms with Crippen LogP contribution in [0.4, 0.5) is 22.0 Å². The van der Waals surface area contributed by atoms with E-state index in [-0.39, 0.29) is 16.2 Å². The number of hydrogen-bond donors (Lipinski definition) is 0. The summed E-state index contributed by atoms with van der Waals surface area (Å²) in [6, 6.07) is 9.98. The average Bonchev–Trinajstić information content (AvgIpc) is 3.08. The molecule has 2 aromatic heterocycles. The van der Waals surface area contributed by atoms with E-state index in [1.165, 1.54) is 18.2 Å². The number of rotatable bonds is 6. The first-order valence-electron chi connectivity index (χ1n) is 11.7. The zero-order valence-corrected chi connectivity index (χ0v) is 23.9. The fourth-order valence-corrected chi connectivity index (χ4v) is 13.0. The zero-order valence-electron chi connectivity index (χ0n) is 20.9. The maximum absolute atomic E-state index is 14.4. The average molecular weight is 650 g/mol. The predicted octanol–water partition coefficient (Wildman–Crippen LogP) is 7.74. The molecule has 37 heavy (non-hydrogen) atoms. The Morgan fingerprint density at radius 2 is 1.76 bits per heavy atom. The number of hydrogen-bond acceptors (Lipinski definition) is 3. The Kier molecular flexibility index (Phi) is 7.48. The summed E-state index contributed by atoms with van der Waals surface area (Å²) in [5, 5.41) is 0. The fourth-order valence-electron chi connectivity index (χ4n) is 4.73. The molecule has 1 aromatic carbocycles. The molecular formula is C27H28F5IN2OS. The molecule has 0 aliphatic carbocycles. The van der Waals surface area contributed by atoms with Gasteiger partial charge in [-0.3, -0.25) is 0 Å². The third kappa shape index (κ3) is 5.15. The van der Waals surface area contributed by atoms with Crippen LogP contribution in [0.25, 0.3) is 11.3 Å². The van der Waals surface area contributed by atoms with Crippen LogP contribution in [-0.4, -0.2) is 24.7 Å². The Morgan fingerprint density at radius 1 is 1.11 bits per heavy atom. The Bertz CT molecular complexity index is 1440. The Hall–Kier alpha value is -2.08. The van der Waals surface area contributed by atoms with Crippen molar-refractivity contribution >= 4 is 34.2 Å². The van der Waals surface area contributed by atoms with Gasteiger partial charge in [0, 0.05) is 0 Å². The molecule has 3 heterocycles. The summed E-state index contributed by atoms with van der Waals surface area (Å²) in [5.74, 6) is -2.40. The quantitative estimate of drug-likeness (QED) is 0.119. The topological polar surface area (TPSA) is 34.9 Å². The first-order chi connectivity index (χ1) is 17.2. The van der Waals surface area contributed by atoms with Gasteiger partial charge in [-0.25, -0.2) is 0 Å². The number of halogens is 6. The third-order valence-corrected chi connectivity index (χ3v) is 15.4. The molecule has 0 saturated heterocycles. The molecule has 4 rings (SSSR count). The van der Waals surface area contributed by atoms with E-state index in [1.54, 1.807) is 24.8 Å². The van der Waals surface area contributed by atoms with Gasteiger partial charge >= 0.3 is 221 Å². The van der Waals surface area contributed by atoms with Crippen molar-refractivity contribution < 1.29 is 22.0 Å². The number of pyridine rings is 2. The van der Waals surface area contributed by atoms with Crippen LogP contribution in [0, 0.1) is 3.57 Å². The number of thioether (sulfide) groups is 1. The minimum absolute atomic E-state index is 0.130. The Labute approximate surface area is 220 Å². The molecule has 1 aliphatic heterocycles. The van der Waals surface area contributed by atoms with Crippen molar-refractivity contribution in [3.8, 4) is 11.3 Å². The van der Waals surface area contributed by atoms with Crippen LogP contribution >= 0.6 is 29.7 Å². The SMILES string of the molecule is C=I1(C)c2c(cc(C(C)(F)F)n(CC)c2=O)CC1c1nc(-c2ccc(C(F)(F)F)cc2)ccc1SCC. The van der Waals surface area contributed by atoms with E-state index in [1.807, 2.05) is 17.9 Å². The predicted molar refractivity (Wildman–Crippen MR) is 149 cm³/mol. The fraction of sp³-hybridized carbons (Fsp3) is 0.370. The van der Waals surface area contributed by atoms with Gasteiger partial charge < -0.3 is 0 Å². The number of benzene rings is 1. The second-order valence-corrected chi connectivity index (χ2v) is 19.1. The van der Waals surface area contributed by atoms with Gasteiger partial charge in [0.1, 0.15) is 0 Å². The van der Waals surface area contributed by atoms with Gasteiger partial charge in [0.25, 0.3) is 0 Å². The van der Waals surface area contributed by atoms with Crippen molar-refractivity contribution in [2.75, 3.05) is 10.7 Å². The minimum atomic E-state index is -4.43. The Balaban J connectivity index is 1.85. The molecule has 2 atom stereocenters. The van der Waals surface area contributed by atoms with Crippen LogP contribution in [0.2, 0.25) is 0 Å². The molecule has 3 aromatic rings. The summed E-state index contributed by atoms with van der Waals surface area (Å²) in [7, 11) is 0. The molecule has 0 spiro atoms. The van der Waals surface area contributed by atoms with E-state index < -0.39 is 41.2 Å². The summed E-state index contributed by atoms with van der Waals surface area (Å²) >= 11 is -1.73. The number of fused-ring (bicyclic) bond motifs is 1. The molecule has 1 aliphatic rings. The van der Waals surface area contributed by atoms with E-state index in [4.69, 9.17) is 4.98 Å². The van der Waals surface area contributed by atoms with Crippen molar-refractivity contribution in [3.63, 3.8) is 0 Å². The zero-order chi connectivity index (χ0) is 27.3. The molecule has 200 valence electrons. The van der Waals surface area contributed by atoms with Crippen molar-refractivity contribution in [2.24, 2.45) is 0 Å². The summed E-state index contributed by atoms with van der Waals surface area (Å²) in [6.45, 7) is 4.60. The summed E-state index contributed by atoms with van der Waals surface area (Å²) < 4.78 is 74.0. The van der Waals surface area contributed by atoms with Crippen LogP contribution in [0.1, 0.15) is 47.2 Å². The van der Waals surface area contributed by atoms with E-state index in [9.17, 15) is 26.7 Å². The van der Waals surface area contributed by atoms with E-state index in [2.05, 4.69) is 4.51 Å². The van der Waals surface area contributed by atoms with Crippen LogP contribution in [0.3, 0.4) is 0 Å². The van der Waals surface area contributed by atoms with Gasteiger partial charge in [-0.1, -0.05) is 0 Å². The van der Waals surface area contributed by atoms with Crippen LogP contribution in [0.5, 0.6) is 0 Å². The molecule has 0 amide bonds. The molecule has 0 fully saturated rings. The molecule has 0 N–H and O–H groups in total. The van der Waals surface area contributed by atoms with Crippen LogP contribution in [-0.2, 0) is 25.1 Å². The molecule has 0 bridgehead atoms. The third-order valence-electron chi connectivity index (χ3n) is 6.49. The van der Waals surface area contributed by atoms with E-state index in [0.717, 1.165) is 40.0 Å². The summed E-state index contributed by atoms with van der Waals surface area (Å²) in [4.78, 5) is 21.3. The standard InChI is InChI=1S/C27H28F5IN2OS/c1-6-35-22(26(3,28)29)15-17-14-19(33(4,5)23(17)25(35)36)24-21(37-7-2)13-12-20(34-24)16-8-10-18(11-9-16)27(30,31)32/h8-13,15,19H,4,6-7,14H2,1-3,5H3. The van der Waals surface area contributed by atoms with Gasteiger partial charge in [0.15, 0.2) is 0 Å². The van der Waals surface area contributed by atoms with Gasteiger partial charge in [0.2, 0.25) is 0 Å².